The molecule has 5 aliphatic rings. The van der Waals surface area contributed by atoms with Gasteiger partial charge in [-0.2, -0.15) is 0 Å². The number of epoxide rings is 1. The summed E-state index contributed by atoms with van der Waals surface area (Å²) >= 11 is 6.03. The van der Waals surface area contributed by atoms with Crippen LogP contribution < -0.4 is 0 Å². The summed E-state index contributed by atoms with van der Waals surface area (Å²) in [5, 5.41) is 0.610. The Morgan fingerprint density at radius 1 is 1.42 bits per heavy atom. The smallest absolute Gasteiger partial charge is 0.342 e. The average molecular weight is 513 g/mol. The molecule has 6 nitrogen and oxygen atoms in total. The van der Waals surface area contributed by atoms with Crippen molar-refractivity contribution in [3.63, 3.8) is 0 Å². The van der Waals surface area contributed by atoms with Crippen LogP contribution in [0, 0.1) is 11.3 Å². The number of hydrogen-bond acceptors (Lipinski definition) is 6. The van der Waals surface area contributed by atoms with Crippen molar-refractivity contribution in [1.29, 1.82) is 0 Å². The molecule has 2 bridgehead atoms. The monoisotopic (exact) mass is 512 g/mol. The Hall–Kier alpha value is 0.0700. The van der Waals surface area contributed by atoms with Gasteiger partial charge in [0, 0.05) is 17.7 Å². The molecule has 0 aromatic heterocycles. The summed E-state index contributed by atoms with van der Waals surface area (Å²) in [4.78, 5) is 23.9. The highest BCUT2D eigenvalue weighted by atomic mass is 127. The number of carbonyl (C=O) groups excluding carboxylic acids is 2. The highest BCUT2D eigenvalue weighted by molar-refractivity contribution is 14.1. The first kappa shape index (κ1) is 16.3. The molecule has 6 unspecified atom stereocenters. The molecule has 3 heterocycles. The maximum absolute atomic E-state index is 12.7. The summed E-state index contributed by atoms with van der Waals surface area (Å²) in [6, 6.07) is 0. The molecule has 8 heteroatoms. The summed E-state index contributed by atoms with van der Waals surface area (Å²) in [5.74, 6) is -0.436. The first-order valence-electron chi connectivity index (χ1n) is 8.09. The summed E-state index contributed by atoms with van der Waals surface area (Å²) in [5.41, 5.74) is -2.71. The van der Waals surface area contributed by atoms with Gasteiger partial charge < -0.3 is 18.9 Å². The number of rotatable bonds is 3. The number of halogens is 2. The van der Waals surface area contributed by atoms with Crippen molar-refractivity contribution >= 4 is 51.0 Å². The molecule has 3 saturated heterocycles. The van der Waals surface area contributed by atoms with E-state index in [0.29, 0.717) is 18.2 Å². The molecule has 132 valence electrons. The maximum atomic E-state index is 12.7. The van der Waals surface area contributed by atoms with E-state index in [-0.39, 0.29) is 21.4 Å². The Labute approximate surface area is 161 Å². The summed E-state index contributed by atoms with van der Waals surface area (Å²) in [6.45, 7) is 6.67. The van der Waals surface area contributed by atoms with E-state index in [0.717, 1.165) is 0 Å². The minimum absolute atomic E-state index is 0.103. The van der Waals surface area contributed by atoms with Crippen molar-refractivity contribution in [1.82, 2.24) is 0 Å². The first-order chi connectivity index (χ1) is 11.2. The second-order valence-corrected chi connectivity index (χ2v) is 11.0. The molecular weight excluding hydrogens is 495 g/mol. The zero-order valence-corrected chi connectivity index (χ0v) is 17.2. The lowest BCUT2D eigenvalue weighted by atomic mass is 9.53. The van der Waals surface area contributed by atoms with E-state index in [1.165, 1.54) is 0 Å². The topological polar surface area (TPSA) is 74.4 Å². The summed E-state index contributed by atoms with van der Waals surface area (Å²) in [6.07, 6.45) is -0.612. The number of carbonyl (C=O) groups is 2. The maximum Gasteiger partial charge on any atom is 0.342 e. The Balaban J connectivity index is 1.80. The molecule has 2 saturated carbocycles. The quantitative estimate of drug-likeness (QED) is 0.188. The van der Waals surface area contributed by atoms with Crippen molar-refractivity contribution in [3.8, 4) is 0 Å². The van der Waals surface area contributed by atoms with Gasteiger partial charge in [0.05, 0.1) is 20.0 Å². The molecule has 5 fully saturated rings. The van der Waals surface area contributed by atoms with Crippen LogP contribution in [0.5, 0.6) is 0 Å². The van der Waals surface area contributed by atoms with Crippen LogP contribution in [0.25, 0.3) is 0 Å². The van der Waals surface area contributed by atoms with Crippen LogP contribution in [-0.4, -0.2) is 56.3 Å². The Bertz CT molecular complexity index is 685. The molecule has 9 atom stereocenters. The number of esters is 1. The van der Waals surface area contributed by atoms with E-state index in [1.54, 1.807) is 0 Å². The SMILES string of the molecule is CC1(I)C2C(OC=O)C3OC(=O)[C@@]45O[C@@H]4CC1(O[C@]2(C)CBr)C35C. The van der Waals surface area contributed by atoms with Crippen molar-refractivity contribution in [2.75, 3.05) is 5.33 Å². The molecule has 0 aromatic rings. The van der Waals surface area contributed by atoms with E-state index >= 15 is 0 Å². The van der Waals surface area contributed by atoms with Gasteiger partial charge in [-0.15, -0.1) is 0 Å². The van der Waals surface area contributed by atoms with Gasteiger partial charge in [0.1, 0.15) is 12.2 Å². The van der Waals surface area contributed by atoms with E-state index in [4.69, 9.17) is 18.9 Å². The van der Waals surface area contributed by atoms with Gasteiger partial charge in [-0.05, 0) is 20.8 Å². The zero-order valence-electron chi connectivity index (χ0n) is 13.5. The van der Waals surface area contributed by atoms with Crippen LogP contribution in [0.1, 0.15) is 27.2 Å². The van der Waals surface area contributed by atoms with Crippen LogP contribution in [0.2, 0.25) is 0 Å². The molecular formula is C16H18BrIO6. The van der Waals surface area contributed by atoms with Crippen molar-refractivity contribution in [2.24, 2.45) is 11.3 Å². The van der Waals surface area contributed by atoms with Crippen LogP contribution >= 0.6 is 38.5 Å². The Morgan fingerprint density at radius 3 is 2.75 bits per heavy atom. The number of ether oxygens (including phenoxy) is 4. The highest BCUT2D eigenvalue weighted by Gasteiger charge is 2.98. The summed E-state index contributed by atoms with van der Waals surface area (Å²) < 4.78 is 23.6. The van der Waals surface area contributed by atoms with Gasteiger partial charge in [-0.25, -0.2) is 4.79 Å². The van der Waals surface area contributed by atoms with Gasteiger partial charge in [-0.1, -0.05) is 38.5 Å². The van der Waals surface area contributed by atoms with Gasteiger partial charge in [0.25, 0.3) is 6.47 Å². The first-order valence-corrected chi connectivity index (χ1v) is 10.3. The second kappa shape index (κ2) is 4.14. The van der Waals surface area contributed by atoms with E-state index in [1.807, 2.05) is 13.8 Å². The summed E-state index contributed by atoms with van der Waals surface area (Å²) in [7, 11) is 0. The molecule has 3 aliphatic heterocycles. The lowest BCUT2D eigenvalue weighted by molar-refractivity contribution is -0.195. The highest BCUT2D eigenvalue weighted by Crippen LogP contribution is 2.82. The third-order valence-electron chi connectivity index (χ3n) is 7.46. The fourth-order valence-electron chi connectivity index (χ4n) is 6.55. The van der Waals surface area contributed by atoms with Crippen molar-refractivity contribution < 1.29 is 28.5 Å². The van der Waals surface area contributed by atoms with Crippen LogP contribution in [-0.2, 0) is 28.5 Å². The fourth-order valence-corrected chi connectivity index (χ4v) is 8.92. The molecule has 2 spiro atoms. The minimum Gasteiger partial charge on any atom is -0.460 e. The fraction of sp³-hybridized carbons (Fsp3) is 0.875. The molecule has 5 rings (SSSR count). The van der Waals surface area contributed by atoms with Crippen LogP contribution in [0.15, 0.2) is 0 Å². The van der Waals surface area contributed by atoms with Gasteiger partial charge in [0.15, 0.2) is 6.10 Å². The average Bonchev–Trinajstić information content (AvgIpc) is 3.08. The van der Waals surface area contributed by atoms with E-state index < -0.39 is 34.4 Å². The van der Waals surface area contributed by atoms with Crippen molar-refractivity contribution in [3.05, 3.63) is 0 Å². The molecule has 24 heavy (non-hydrogen) atoms. The molecule has 0 N–H and O–H groups in total. The molecule has 2 aliphatic carbocycles. The normalized spacial score (nSPS) is 65.1. The zero-order chi connectivity index (χ0) is 17.3. The second-order valence-electron chi connectivity index (χ2n) is 8.20. The standard InChI is InChI=1S/C16H18BrIO6/c1-12(5-17)9-8(21-6-19)10-13(2)15(24-12,14(9,3)18)4-7-16(13,23-7)11(20)22-10/h6-10H,4-5H2,1-3H3/t7-,8?,9?,10?,12-,13?,14?,15?,16+/m1/s1. The number of fused-ring (bicyclic) bond motifs is 1. The lowest BCUT2D eigenvalue weighted by Crippen LogP contribution is -2.71. The number of alkyl halides is 2. The van der Waals surface area contributed by atoms with E-state index in [9.17, 15) is 9.59 Å². The minimum atomic E-state index is -0.947. The van der Waals surface area contributed by atoms with Crippen LogP contribution in [0.3, 0.4) is 0 Å². The Morgan fingerprint density at radius 2 is 2.12 bits per heavy atom. The van der Waals surface area contributed by atoms with Gasteiger partial charge in [-0.3, -0.25) is 4.79 Å². The Kier molecular flexibility index (Phi) is 2.81. The molecule has 0 aromatic carbocycles. The predicted molar refractivity (Wildman–Crippen MR) is 93.1 cm³/mol. The van der Waals surface area contributed by atoms with E-state index in [2.05, 4.69) is 45.4 Å². The third kappa shape index (κ3) is 1.24. The third-order valence-corrected chi connectivity index (χ3v) is 10.1. The van der Waals surface area contributed by atoms with Crippen LogP contribution in [0.4, 0.5) is 0 Å². The van der Waals surface area contributed by atoms with Gasteiger partial charge >= 0.3 is 5.97 Å². The predicted octanol–water partition coefficient (Wildman–Crippen LogP) is 1.75. The van der Waals surface area contributed by atoms with Gasteiger partial charge in [0.2, 0.25) is 5.60 Å². The molecule has 0 amide bonds. The largest absolute Gasteiger partial charge is 0.460 e. The number of hydrogen-bond donors (Lipinski definition) is 0. The molecule has 0 radical (unpaired) electrons. The lowest BCUT2D eigenvalue weighted by Gasteiger charge is -2.56. The van der Waals surface area contributed by atoms with Crippen molar-refractivity contribution in [2.45, 2.75) is 65.7 Å².